The Labute approximate surface area is 136 Å². The molecule has 1 aliphatic rings. The number of amides is 1. The molecule has 0 bridgehead atoms. The van der Waals surface area contributed by atoms with Gasteiger partial charge in [0.2, 0.25) is 0 Å². The van der Waals surface area contributed by atoms with E-state index in [4.69, 9.17) is 9.15 Å². The molecule has 1 fully saturated rings. The number of hydrogen-bond acceptors (Lipinski definition) is 4. The first-order valence-corrected chi connectivity index (χ1v) is 8.14. The van der Waals surface area contributed by atoms with Crippen molar-refractivity contribution in [1.82, 2.24) is 9.88 Å². The number of rotatable bonds is 3. The number of nitrogens with zero attached hydrogens (tertiary/aromatic N) is 2. The van der Waals surface area contributed by atoms with Crippen molar-refractivity contribution in [3.63, 3.8) is 0 Å². The number of likely N-dealkylation sites (tertiary alicyclic amines) is 1. The largest absolute Gasteiger partial charge is 0.444 e. The second-order valence-corrected chi connectivity index (χ2v) is 7.32. The number of carbonyl (C=O) groups excluding carboxylic acids is 1. The quantitative estimate of drug-likeness (QED) is 0.860. The molecule has 0 N–H and O–H groups in total. The molecular formula is C18H24N2O3. The van der Waals surface area contributed by atoms with Crippen LogP contribution < -0.4 is 0 Å². The Morgan fingerprint density at radius 3 is 2.83 bits per heavy atom. The van der Waals surface area contributed by atoms with E-state index < -0.39 is 5.60 Å². The standard InChI is InChI=1S/C18H24N2O3/c1-12-19-15-8-7-13(9-16(15)22-12)5-6-14-10-20(11-14)17(21)23-18(2,3)4/h7-9,14H,5-6,10-11H2,1-4H3. The van der Waals surface area contributed by atoms with Gasteiger partial charge in [-0.25, -0.2) is 9.78 Å². The normalized spacial score (nSPS) is 15.7. The van der Waals surface area contributed by atoms with Crippen molar-refractivity contribution >= 4 is 17.2 Å². The Morgan fingerprint density at radius 2 is 2.13 bits per heavy atom. The molecule has 0 saturated carbocycles. The molecule has 1 amide bonds. The van der Waals surface area contributed by atoms with Crippen LogP contribution in [-0.2, 0) is 11.2 Å². The van der Waals surface area contributed by atoms with Crippen LogP contribution in [0.5, 0.6) is 0 Å². The van der Waals surface area contributed by atoms with E-state index in [1.807, 2.05) is 33.8 Å². The van der Waals surface area contributed by atoms with E-state index in [0.29, 0.717) is 11.8 Å². The van der Waals surface area contributed by atoms with E-state index in [-0.39, 0.29) is 6.09 Å². The summed E-state index contributed by atoms with van der Waals surface area (Å²) in [6.45, 7) is 9.12. The number of carbonyl (C=O) groups is 1. The molecule has 1 saturated heterocycles. The summed E-state index contributed by atoms with van der Waals surface area (Å²) in [5.74, 6) is 1.25. The predicted octanol–water partition coefficient (Wildman–Crippen LogP) is 3.94. The zero-order valence-corrected chi connectivity index (χ0v) is 14.3. The molecule has 0 radical (unpaired) electrons. The number of fused-ring (bicyclic) bond motifs is 1. The lowest BCUT2D eigenvalue weighted by Crippen LogP contribution is -2.51. The summed E-state index contributed by atoms with van der Waals surface area (Å²) in [6, 6.07) is 6.18. The molecule has 5 heteroatoms. The highest BCUT2D eigenvalue weighted by Crippen LogP contribution is 2.24. The molecular weight excluding hydrogens is 292 g/mol. The Balaban J connectivity index is 1.47. The van der Waals surface area contributed by atoms with E-state index in [1.54, 1.807) is 4.90 Å². The molecule has 0 spiro atoms. The number of aryl methyl sites for hydroxylation is 2. The van der Waals surface area contributed by atoms with Crippen molar-refractivity contribution in [2.45, 2.75) is 46.1 Å². The zero-order valence-electron chi connectivity index (χ0n) is 14.3. The molecule has 1 aliphatic heterocycles. The highest BCUT2D eigenvalue weighted by atomic mass is 16.6. The van der Waals surface area contributed by atoms with Crippen LogP contribution >= 0.6 is 0 Å². The number of aromatic nitrogens is 1. The van der Waals surface area contributed by atoms with Crippen LogP contribution in [-0.4, -0.2) is 34.7 Å². The Bertz CT molecular complexity index is 709. The van der Waals surface area contributed by atoms with Gasteiger partial charge in [-0.3, -0.25) is 0 Å². The van der Waals surface area contributed by atoms with Gasteiger partial charge >= 0.3 is 6.09 Å². The Kier molecular flexibility index (Phi) is 4.04. The summed E-state index contributed by atoms with van der Waals surface area (Å²) in [7, 11) is 0. The smallest absolute Gasteiger partial charge is 0.410 e. The molecule has 0 unspecified atom stereocenters. The summed E-state index contributed by atoms with van der Waals surface area (Å²) in [5.41, 5.74) is 2.59. The Hall–Kier alpha value is -2.04. The molecule has 2 aromatic rings. The third-order valence-electron chi connectivity index (χ3n) is 4.01. The minimum absolute atomic E-state index is 0.202. The van der Waals surface area contributed by atoms with Crippen molar-refractivity contribution < 1.29 is 13.9 Å². The summed E-state index contributed by atoms with van der Waals surface area (Å²) in [6.07, 6.45) is 1.85. The topological polar surface area (TPSA) is 55.6 Å². The van der Waals surface area contributed by atoms with Gasteiger partial charge in [0.1, 0.15) is 11.1 Å². The second kappa shape index (κ2) is 5.87. The lowest BCUT2D eigenvalue weighted by atomic mass is 9.93. The third-order valence-corrected chi connectivity index (χ3v) is 4.01. The summed E-state index contributed by atoms with van der Waals surface area (Å²) in [4.78, 5) is 18.0. The first-order chi connectivity index (χ1) is 10.8. The SMILES string of the molecule is Cc1nc2ccc(CCC3CN(C(=O)OC(C)(C)C)C3)cc2o1. The highest BCUT2D eigenvalue weighted by molar-refractivity contribution is 5.73. The summed E-state index contributed by atoms with van der Waals surface area (Å²) in [5, 5.41) is 0. The van der Waals surface area contributed by atoms with Gasteiger partial charge in [0.05, 0.1) is 0 Å². The average molecular weight is 316 g/mol. The maximum atomic E-state index is 11.9. The summed E-state index contributed by atoms with van der Waals surface area (Å²) < 4.78 is 10.9. The van der Waals surface area contributed by atoms with Gasteiger partial charge in [-0.05, 0) is 57.2 Å². The molecule has 2 heterocycles. The average Bonchev–Trinajstić information content (AvgIpc) is 2.73. The van der Waals surface area contributed by atoms with E-state index in [0.717, 1.165) is 37.0 Å². The number of oxazole rings is 1. The number of hydrogen-bond donors (Lipinski definition) is 0. The number of benzene rings is 1. The van der Waals surface area contributed by atoms with Gasteiger partial charge in [-0.1, -0.05) is 6.07 Å². The first kappa shape index (κ1) is 15.8. The predicted molar refractivity (Wildman–Crippen MR) is 88.4 cm³/mol. The zero-order chi connectivity index (χ0) is 16.6. The van der Waals surface area contributed by atoms with Crippen molar-refractivity contribution in [2.75, 3.05) is 13.1 Å². The van der Waals surface area contributed by atoms with E-state index in [2.05, 4.69) is 17.1 Å². The minimum atomic E-state index is -0.424. The monoisotopic (exact) mass is 316 g/mol. The highest BCUT2D eigenvalue weighted by Gasteiger charge is 2.33. The van der Waals surface area contributed by atoms with Gasteiger partial charge in [0, 0.05) is 20.0 Å². The molecule has 0 atom stereocenters. The fraction of sp³-hybridized carbons (Fsp3) is 0.556. The van der Waals surface area contributed by atoms with Crippen molar-refractivity contribution in [1.29, 1.82) is 0 Å². The van der Waals surface area contributed by atoms with E-state index >= 15 is 0 Å². The van der Waals surface area contributed by atoms with E-state index in [1.165, 1.54) is 5.56 Å². The molecule has 124 valence electrons. The first-order valence-electron chi connectivity index (χ1n) is 8.14. The van der Waals surface area contributed by atoms with Crippen LogP contribution in [0.3, 0.4) is 0 Å². The number of ether oxygens (including phenoxy) is 1. The van der Waals surface area contributed by atoms with Crippen molar-refractivity contribution in [2.24, 2.45) is 5.92 Å². The Morgan fingerprint density at radius 1 is 1.39 bits per heavy atom. The molecule has 1 aromatic heterocycles. The fourth-order valence-corrected chi connectivity index (χ4v) is 2.84. The van der Waals surface area contributed by atoms with Crippen LogP contribution in [0.4, 0.5) is 4.79 Å². The maximum Gasteiger partial charge on any atom is 0.410 e. The molecule has 0 aliphatic carbocycles. The van der Waals surface area contributed by atoms with Crippen LogP contribution in [0.15, 0.2) is 22.6 Å². The van der Waals surface area contributed by atoms with Gasteiger partial charge in [-0.15, -0.1) is 0 Å². The van der Waals surface area contributed by atoms with Crippen LogP contribution in [0.1, 0.15) is 38.6 Å². The molecule has 3 rings (SSSR count). The minimum Gasteiger partial charge on any atom is -0.444 e. The molecule has 5 nitrogen and oxygen atoms in total. The van der Waals surface area contributed by atoms with E-state index in [9.17, 15) is 4.79 Å². The van der Waals surface area contributed by atoms with Gasteiger partial charge in [0.25, 0.3) is 0 Å². The third kappa shape index (κ3) is 3.84. The van der Waals surface area contributed by atoms with Gasteiger partial charge in [-0.2, -0.15) is 0 Å². The maximum absolute atomic E-state index is 11.9. The van der Waals surface area contributed by atoms with Gasteiger partial charge in [0.15, 0.2) is 11.5 Å². The second-order valence-electron chi connectivity index (χ2n) is 7.32. The van der Waals surface area contributed by atoms with Crippen LogP contribution in [0, 0.1) is 12.8 Å². The lowest BCUT2D eigenvalue weighted by Gasteiger charge is -2.39. The van der Waals surface area contributed by atoms with Gasteiger partial charge < -0.3 is 14.1 Å². The lowest BCUT2D eigenvalue weighted by molar-refractivity contribution is -0.00202. The van der Waals surface area contributed by atoms with Crippen LogP contribution in [0.25, 0.3) is 11.1 Å². The molecule has 1 aromatic carbocycles. The van der Waals surface area contributed by atoms with Crippen molar-refractivity contribution in [3.8, 4) is 0 Å². The fourth-order valence-electron chi connectivity index (χ4n) is 2.84. The summed E-state index contributed by atoms with van der Waals surface area (Å²) >= 11 is 0. The van der Waals surface area contributed by atoms with Crippen molar-refractivity contribution in [3.05, 3.63) is 29.7 Å². The van der Waals surface area contributed by atoms with Crippen LogP contribution in [0.2, 0.25) is 0 Å². The molecule has 23 heavy (non-hydrogen) atoms.